The van der Waals surface area contributed by atoms with E-state index in [-0.39, 0.29) is 23.1 Å². The maximum Gasteiger partial charge on any atom is 0.336 e. The third-order valence-electron chi connectivity index (χ3n) is 6.02. The molecule has 35 heavy (non-hydrogen) atoms. The molecular weight excluding hydrogens is 476 g/mol. The molecule has 0 saturated carbocycles. The number of halogens is 1. The molecule has 1 aliphatic rings. The summed E-state index contributed by atoms with van der Waals surface area (Å²) in [7, 11) is 0. The molecule has 1 aromatic heterocycles. The van der Waals surface area contributed by atoms with Crippen LogP contribution in [0, 0.1) is 16.0 Å². The van der Waals surface area contributed by atoms with E-state index in [4.69, 9.17) is 20.8 Å². The number of carbonyl (C=O) groups is 2. The van der Waals surface area contributed by atoms with Crippen LogP contribution in [-0.4, -0.2) is 22.8 Å². The van der Waals surface area contributed by atoms with Gasteiger partial charge in [-0.2, -0.15) is 0 Å². The summed E-state index contributed by atoms with van der Waals surface area (Å²) in [6.07, 6.45) is 2.90. The molecule has 1 unspecified atom stereocenters. The fraction of sp³-hybridized carbons (Fsp3) is 0.320. The summed E-state index contributed by atoms with van der Waals surface area (Å²) < 4.78 is 10.8. The van der Waals surface area contributed by atoms with Crippen molar-refractivity contribution in [3.8, 4) is 0 Å². The number of benzene rings is 2. The number of esters is 1. The van der Waals surface area contributed by atoms with E-state index in [9.17, 15) is 24.5 Å². The van der Waals surface area contributed by atoms with Crippen LogP contribution in [0.25, 0.3) is 11.0 Å². The SMILES string of the molecule is CC(C)C(NC(=O)c1ccc(Cl)c([N+](=O)[O-])c1)C(=O)OCc1cc(=O)oc2cc3c(cc12)CCC3. The molecule has 1 aliphatic carbocycles. The van der Waals surface area contributed by atoms with E-state index in [0.717, 1.165) is 30.9 Å². The number of amides is 1. The second kappa shape index (κ2) is 9.87. The summed E-state index contributed by atoms with van der Waals surface area (Å²) in [5.74, 6) is -1.71. The molecule has 0 fully saturated rings. The summed E-state index contributed by atoms with van der Waals surface area (Å²) >= 11 is 5.81. The minimum absolute atomic E-state index is 0.0138. The highest BCUT2D eigenvalue weighted by molar-refractivity contribution is 6.32. The van der Waals surface area contributed by atoms with Gasteiger partial charge in [0.15, 0.2) is 0 Å². The zero-order valence-corrected chi connectivity index (χ0v) is 19.9. The molecule has 0 saturated heterocycles. The Morgan fingerprint density at radius 3 is 2.57 bits per heavy atom. The van der Waals surface area contributed by atoms with Crippen molar-refractivity contribution in [3.05, 3.63) is 84.2 Å². The van der Waals surface area contributed by atoms with Gasteiger partial charge in [0.2, 0.25) is 0 Å². The number of rotatable bonds is 7. The Balaban J connectivity index is 1.52. The fourth-order valence-electron chi connectivity index (χ4n) is 4.17. The largest absolute Gasteiger partial charge is 0.459 e. The summed E-state index contributed by atoms with van der Waals surface area (Å²) in [5.41, 5.74) is 2.33. The van der Waals surface area contributed by atoms with Crippen LogP contribution in [0.2, 0.25) is 5.02 Å². The van der Waals surface area contributed by atoms with Crippen molar-refractivity contribution in [2.24, 2.45) is 5.92 Å². The van der Waals surface area contributed by atoms with Crippen LogP contribution in [0.5, 0.6) is 0 Å². The molecule has 2 aromatic carbocycles. The molecule has 1 N–H and O–H groups in total. The zero-order chi connectivity index (χ0) is 25.3. The molecule has 4 rings (SSSR count). The highest BCUT2D eigenvalue weighted by Gasteiger charge is 2.27. The number of hydrogen-bond acceptors (Lipinski definition) is 7. The average molecular weight is 499 g/mol. The molecule has 1 amide bonds. The van der Waals surface area contributed by atoms with E-state index in [1.54, 1.807) is 13.8 Å². The average Bonchev–Trinajstić information content (AvgIpc) is 3.26. The zero-order valence-electron chi connectivity index (χ0n) is 19.1. The molecule has 182 valence electrons. The lowest BCUT2D eigenvalue weighted by Gasteiger charge is -2.21. The van der Waals surface area contributed by atoms with Gasteiger partial charge in [-0.25, -0.2) is 9.59 Å². The quantitative estimate of drug-likeness (QED) is 0.222. The number of nitro benzene ring substituents is 1. The van der Waals surface area contributed by atoms with Crippen LogP contribution in [0.3, 0.4) is 0 Å². The van der Waals surface area contributed by atoms with Crippen LogP contribution in [0.15, 0.2) is 45.6 Å². The van der Waals surface area contributed by atoms with Gasteiger partial charge in [0.25, 0.3) is 11.6 Å². The minimum Gasteiger partial charge on any atom is -0.459 e. The van der Waals surface area contributed by atoms with Crippen molar-refractivity contribution >= 4 is 40.1 Å². The van der Waals surface area contributed by atoms with Crippen molar-refractivity contribution < 1.29 is 23.7 Å². The normalized spacial score (nSPS) is 13.5. The number of nitrogens with one attached hydrogen (secondary N) is 1. The first-order chi connectivity index (χ1) is 16.6. The number of aryl methyl sites for hydroxylation is 2. The molecular formula is C25H23ClN2O7. The van der Waals surface area contributed by atoms with Crippen LogP contribution < -0.4 is 10.9 Å². The van der Waals surface area contributed by atoms with Crippen LogP contribution in [0.1, 0.15) is 47.3 Å². The van der Waals surface area contributed by atoms with E-state index < -0.39 is 34.2 Å². The first kappa shape index (κ1) is 24.4. The third-order valence-corrected chi connectivity index (χ3v) is 6.34. The van der Waals surface area contributed by atoms with Crippen LogP contribution >= 0.6 is 11.6 Å². The highest BCUT2D eigenvalue weighted by atomic mass is 35.5. The smallest absolute Gasteiger partial charge is 0.336 e. The van der Waals surface area contributed by atoms with Crippen molar-refractivity contribution in [1.82, 2.24) is 5.32 Å². The summed E-state index contributed by atoms with van der Waals surface area (Å²) in [6.45, 7) is 3.28. The molecule has 0 aliphatic heterocycles. The Morgan fingerprint density at radius 2 is 1.89 bits per heavy atom. The third kappa shape index (κ3) is 5.19. The van der Waals surface area contributed by atoms with Gasteiger partial charge in [-0.3, -0.25) is 14.9 Å². The molecule has 0 radical (unpaired) electrons. The summed E-state index contributed by atoms with van der Waals surface area (Å²) in [5, 5.41) is 14.3. The molecule has 9 nitrogen and oxygen atoms in total. The van der Waals surface area contributed by atoms with Gasteiger partial charge in [-0.15, -0.1) is 0 Å². The Labute approximate surface area is 205 Å². The van der Waals surface area contributed by atoms with Crippen molar-refractivity contribution in [1.29, 1.82) is 0 Å². The number of hydrogen-bond donors (Lipinski definition) is 1. The lowest BCUT2D eigenvalue weighted by molar-refractivity contribution is -0.384. The first-order valence-corrected chi connectivity index (χ1v) is 11.5. The van der Waals surface area contributed by atoms with Gasteiger partial charge in [0.05, 0.1) is 4.92 Å². The van der Waals surface area contributed by atoms with Crippen molar-refractivity contribution in [3.63, 3.8) is 0 Å². The number of ether oxygens (including phenoxy) is 1. The fourth-order valence-corrected chi connectivity index (χ4v) is 4.36. The monoisotopic (exact) mass is 498 g/mol. The number of fused-ring (bicyclic) bond motifs is 2. The summed E-state index contributed by atoms with van der Waals surface area (Å²) in [6, 6.07) is 7.75. The lowest BCUT2D eigenvalue weighted by Crippen LogP contribution is -2.45. The number of carbonyl (C=O) groups excluding carboxylic acids is 2. The Hall–Kier alpha value is -3.72. The number of nitro groups is 1. The van der Waals surface area contributed by atoms with Gasteiger partial charge in [0.1, 0.15) is 23.3 Å². The lowest BCUT2D eigenvalue weighted by atomic mass is 10.0. The molecule has 1 heterocycles. The highest BCUT2D eigenvalue weighted by Crippen LogP contribution is 2.29. The van der Waals surface area contributed by atoms with Crippen molar-refractivity contribution in [2.75, 3.05) is 0 Å². The standard InChI is InChI=1S/C25H23ClN2O7/c1-13(2)23(27-24(30)16-6-7-19(26)20(9-16)28(32)33)25(31)34-12-17-11-22(29)35-21-10-15-5-3-4-14(15)8-18(17)21/h6-11,13,23H,3-5,12H2,1-2H3,(H,27,30). The van der Waals surface area contributed by atoms with E-state index in [0.29, 0.717) is 16.5 Å². The molecule has 10 heteroatoms. The van der Waals surface area contributed by atoms with Gasteiger partial charge < -0.3 is 14.5 Å². The second-order valence-electron chi connectivity index (χ2n) is 8.79. The van der Waals surface area contributed by atoms with Gasteiger partial charge in [-0.05, 0) is 60.6 Å². The predicted molar refractivity (Wildman–Crippen MR) is 129 cm³/mol. The molecule has 0 spiro atoms. The topological polar surface area (TPSA) is 129 Å². The Morgan fingerprint density at radius 1 is 1.17 bits per heavy atom. The molecule has 0 bridgehead atoms. The Bertz CT molecular complexity index is 1400. The maximum atomic E-state index is 12.9. The number of nitrogens with zero attached hydrogens (tertiary/aromatic N) is 1. The first-order valence-electron chi connectivity index (χ1n) is 11.1. The van der Waals surface area contributed by atoms with Crippen LogP contribution in [0.4, 0.5) is 5.69 Å². The van der Waals surface area contributed by atoms with E-state index in [2.05, 4.69) is 5.32 Å². The predicted octanol–water partition coefficient (Wildman–Crippen LogP) is 4.34. The minimum atomic E-state index is -1.02. The Kier molecular flexibility index (Phi) is 6.88. The van der Waals surface area contributed by atoms with Crippen molar-refractivity contribution in [2.45, 2.75) is 45.8 Å². The summed E-state index contributed by atoms with van der Waals surface area (Å²) in [4.78, 5) is 48.1. The van der Waals surface area contributed by atoms with Gasteiger partial charge in [0, 0.05) is 28.6 Å². The molecule has 3 aromatic rings. The van der Waals surface area contributed by atoms with Gasteiger partial charge in [-0.1, -0.05) is 25.4 Å². The van der Waals surface area contributed by atoms with Gasteiger partial charge >= 0.3 is 11.6 Å². The van der Waals surface area contributed by atoms with E-state index >= 15 is 0 Å². The maximum absolute atomic E-state index is 12.9. The second-order valence-corrected chi connectivity index (χ2v) is 9.19. The molecule has 1 atom stereocenters. The van der Waals surface area contributed by atoms with Crippen LogP contribution in [-0.2, 0) is 29.0 Å². The van der Waals surface area contributed by atoms with E-state index in [1.807, 2.05) is 12.1 Å². The van der Waals surface area contributed by atoms with E-state index in [1.165, 1.54) is 23.8 Å².